The summed E-state index contributed by atoms with van der Waals surface area (Å²) in [5.41, 5.74) is 4.66. The summed E-state index contributed by atoms with van der Waals surface area (Å²) in [4.78, 5) is 14.8. The first-order chi connectivity index (χ1) is 13.1. The normalized spacial score (nSPS) is 10.8. The van der Waals surface area contributed by atoms with Gasteiger partial charge in [0.25, 0.3) is 0 Å². The van der Waals surface area contributed by atoms with Gasteiger partial charge in [-0.25, -0.2) is 9.82 Å². The van der Waals surface area contributed by atoms with Crippen LogP contribution in [0.25, 0.3) is 0 Å². The molecule has 2 N–H and O–H groups in total. The molecule has 0 bridgehead atoms. The lowest BCUT2D eigenvalue weighted by atomic mass is 10.2. The minimum atomic E-state index is -0.290. The van der Waals surface area contributed by atoms with Crippen LogP contribution >= 0.6 is 0 Å². The molecule has 3 aromatic rings. The summed E-state index contributed by atoms with van der Waals surface area (Å²) in [6.07, 6.45) is 1.57. The number of aromatic nitrogens is 3. The third-order valence-electron chi connectivity index (χ3n) is 3.57. The summed E-state index contributed by atoms with van der Waals surface area (Å²) in [7, 11) is 3.70. The zero-order valence-electron chi connectivity index (χ0n) is 15.1. The molecule has 1 heterocycles. The minimum absolute atomic E-state index is 0.290. The lowest BCUT2D eigenvalue weighted by Crippen LogP contribution is -2.16. The van der Waals surface area contributed by atoms with Gasteiger partial charge in [0.2, 0.25) is 17.8 Å². The van der Waals surface area contributed by atoms with Crippen molar-refractivity contribution in [2.45, 2.75) is 6.54 Å². The number of hydrogen-bond acceptors (Lipinski definition) is 7. The molecule has 0 atom stereocenters. The van der Waals surface area contributed by atoms with E-state index in [0.717, 1.165) is 11.1 Å². The second-order valence-electron chi connectivity index (χ2n) is 5.94. The molecule has 3 rings (SSSR count). The van der Waals surface area contributed by atoms with Gasteiger partial charge in [-0.05, 0) is 23.3 Å². The van der Waals surface area contributed by atoms with Crippen molar-refractivity contribution in [1.29, 1.82) is 0 Å². The Bertz CT molecular complexity index is 896. The highest BCUT2D eigenvalue weighted by molar-refractivity contribution is 5.79. The number of halogens is 1. The summed E-state index contributed by atoms with van der Waals surface area (Å²) < 4.78 is 12.9. The van der Waals surface area contributed by atoms with Crippen molar-refractivity contribution >= 4 is 24.1 Å². The van der Waals surface area contributed by atoms with Gasteiger partial charge in [0.15, 0.2) is 0 Å². The van der Waals surface area contributed by atoms with Crippen LogP contribution in [0.15, 0.2) is 59.7 Å². The Morgan fingerprint density at radius 2 is 1.67 bits per heavy atom. The van der Waals surface area contributed by atoms with Gasteiger partial charge in [-0.2, -0.15) is 20.1 Å². The van der Waals surface area contributed by atoms with Crippen LogP contribution in [-0.4, -0.2) is 35.3 Å². The molecule has 0 saturated heterocycles. The average Bonchev–Trinajstić information content (AvgIpc) is 2.68. The van der Waals surface area contributed by atoms with Gasteiger partial charge >= 0.3 is 0 Å². The topological polar surface area (TPSA) is 78.3 Å². The van der Waals surface area contributed by atoms with Crippen LogP contribution in [0.2, 0.25) is 0 Å². The van der Waals surface area contributed by atoms with E-state index in [9.17, 15) is 4.39 Å². The number of hydrogen-bond donors (Lipinski definition) is 2. The molecule has 0 amide bonds. The fourth-order valence-electron chi connectivity index (χ4n) is 2.18. The van der Waals surface area contributed by atoms with E-state index in [1.165, 1.54) is 12.1 Å². The van der Waals surface area contributed by atoms with E-state index in [0.29, 0.717) is 24.4 Å². The molecule has 0 aliphatic heterocycles. The SMILES string of the molecule is CN(C)c1nc(NCc2ccccc2)nc(NN=Cc2ccc(F)cc2)n1. The van der Waals surface area contributed by atoms with E-state index in [-0.39, 0.29) is 5.82 Å². The molecule has 8 heteroatoms. The zero-order chi connectivity index (χ0) is 19.1. The molecule has 2 aromatic carbocycles. The van der Waals surface area contributed by atoms with Crippen LogP contribution < -0.4 is 15.6 Å². The highest BCUT2D eigenvalue weighted by Crippen LogP contribution is 2.12. The van der Waals surface area contributed by atoms with Crippen molar-refractivity contribution < 1.29 is 4.39 Å². The van der Waals surface area contributed by atoms with Crippen molar-refractivity contribution in [3.63, 3.8) is 0 Å². The average molecular weight is 365 g/mol. The Morgan fingerprint density at radius 3 is 2.37 bits per heavy atom. The third-order valence-corrected chi connectivity index (χ3v) is 3.57. The van der Waals surface area contributed by atoms with E-state index in [2.05, 4.69) is 30.8 Å². The van der Waals surface area contributed by atoms with Crippen LogP contribution in [0.4, 0.5) is 22.2 Å². The van der Waals surface area contributed by atoms with Crippen molar-refractivity contribution in [3.8, 4) is 0 Å². The number of anilines is 3. The number of nitrogens with one attached hydrogen (secondary N) is 2. The maximum absolute atomic E-state index is 12.9. The zero-order valence-corrected chi connectivity index (χ0v) is 15.1. The molecule has 0 spiro atoms. The Balaban J connectivity index is 1.71. The van der Waals surface area contributed by atoms with Crippen molar-refractivity contribution in [3.05, 3.63) is 71.5 Å². The first-order valence-electron chi connectivity index (χ1n) is 8.36. The van der Waals surface area contributed by atoms with E-state index < -0.39 is 0 Å². The number of nitrogens with zero attached hydrogens (tertiary/aromatic N) is 5. The summed E-state index contributed by atoms with van der Waals surface area (Å²) in [6, 6.07) is 16.0. The fraction of sp³-hybridized carbons (Fsp3) is 0.158. The lowest BCUT2D eigenvalue weighted by molar-refractivity contribution is 0.628. The maximum atomic E-state index is 12.9. The summed E-state index contributed by atoms with van der Waals surface area (Å²) in [6.45, 7) is 0.593. The Morgan fingerprint density at radius 1 is 0.963 bits per heavy atom. The Kier molecular flexibility index (Phi) is 5.88. The van der Waals surface area contributed by atoms with Gasteiger partial charge in [-0.15, -0.1) is 0 Å². The van der Waals surface area contributed by atoms with Crippen LogP contribution in [0.3, 0.4) is 0 Å². The van der Waals surface area contributed by atoms with Crippen LogP contribution in [-0.2, 0) is 6.54 Å². The number of hydrazone groups is 1. The molecule has 138 valence electrons. The molecule has 0 aliphatic rings. The highest BCUT2D eigenvalue weighted by Gasteiger charge is 2.07. The van der Waals surface area contributed by atoms with Crippen LogP contribution in [0, 0.1) is 5.82 Å². The molecular weight excluding hydrogens is 345 g/mol. The molecule has 27 heavy (non-hydrogen) atoms. The second kappa shape index (κ2) is 8.70. The van der Waals surface area contributed by atoms with Crippen LogP contribution in [0.5, 0.6) is 0 Å². The molecule has 0 unspecified atom stereocenters. The molecule has 0 radical (unpaired) electrons. The van der Waals surface area contributed by atoms with Crippen molar-refractivity contribution in [2.75, 3.05) is 29.7 Å². The fourth-order valence-corrected chi connectivity index (χ4v) is 2.18. The first-order valence-corrected chi connectivity index (χ1v) is 8.36. The summed E-state index contributed by atoms with van der Waals surface area (Å²) in [5.74, 6) is 0.960. The van der Waals surface area contributed by atoms with Gasteiger partial charge in [0.1, 0.15) is 5.82 Å². The predicted molar refractivity (Wildman–Crippen MR) is 106 cm³/mol. The summed E-state index contributed by atoms with van der Waals surface area (Å²) in [5, 5.41) is 7.29. The molecule has 0 aliphatic carbocycles. The molecule has 0 saturated carbocycles. The van der Waals surface area contributed by atoms with Gasteiger partial charge in [-0.3, -0.25) is 0 Å². The number of benzene rings is 2. The maximum Gasteiger partial charge on any atom is 0.250 e. The summed E-state index contributed by atoms with van der Waals surface area (Å²) >= 11 is 0. The van der Waals surface area contributed by atoms with Crippen molar-refractivity contribution in [2.24, 2.45) is 5.10 Å². The van der Waals surface area contributed by atoms with Gasteiger partial charge < -0.3 is 10.2 Å². The van der Waals surface area contributed by atoms with Gasteiger partial charge in [0, 0.05) is 20.6 Å². The first kappa shape index (κ1) is 18.2. The molecule has 0 fully saturated rings. The molecular formula is C19H20FN7. The largest absolute Gasteiger partial charge is 0.350 e. The quantitative estimate of drug-likeness (QED) is 0.495. The predicted octanol–water partition coefficient (Wildman–Crippen LogP) is 3.13. The monoisotopic (exact) mass is 365 g/mol. The molecule has 7 nitrogen and oxygen atoms in total. The minimum Gasteiger partial charge on any atom is -0.350 e. The van der Waals surface area contributed by atoms with Gasteiger partial charge in [-0.1, -0.05) is 42.5 Å². The van der Waals surface area contributed by atoms with Crippen molar-refractivity contribution in [1.82, 2.24) is 15.0 Å². The third kappa shape index (κ3) is 5.46. The lowest BCUT2D eigenvalue weighted by Gasteiger charge is -2.13. The Hall–Kier alpha value is -3.55. The van der Waals surface area contributed by atoms with Gasteiger partial charge in [0.05, 0.1) is 6.21 Å². The molecule has 1 aromatic heterocycles. The standard InChI is InChI=1S/C19H20FN7/c1-27(2)19-24-17(21-12-14-6-4-3-5-7-14)23-18(25-19)26-22-13-15-8-10-16(20)11-9-15/h3-11,13H,12H2,1-2H3,(H2,21,23,24,25,26). The highest BCUT2D eigenvalue weighted by atomic mass is 19.1. The Labute approximate surface area is 157 Å². The van der Waals surface area contributed by atoms with E-state index in [1.807, 2.05) is 44.4 Å². The second-order valence-corrected chi connectivity index (χ2v) is 5.94. The van der Waals surface area contributed by atoms with E-state index in [4.69, 9.17) is 0 Å². The smallest absolute Gasteiger partial charge is 0.250 e. The number of rotatable bonds is 7. The van der Waals surface area contributed by atoms with E-state index >= 15 is 0 Å². The van der Waals surface area contributed by atoms with Crippen LogP contribution in [0.1, 0.15) is 11.1 Å². The van der Waals surface area contributed by atoms with E-state index in [1.54, 1.807) is 23.2 Å².